The van der Waals surface area contributed by atoms with E-state index < -0.39 is 0 Å². The van der Waals surface area contributed by atoms with Crippen molar-refractivity contribution >= 4 is 11.5 Å². The average molecular weight is 261 g/mol. The van der Waals surface area contributed by atoms with E-state index in [4.69, 9.17) is 10.5 Å². The lowest BCUT2D eigenvalue weighted by atomic mass is 10.2. The van der Waals surface area contributed by atoms with Gasteiger partial charge in [0.15, 0.2) is 0 Å². The summed E-state index contributed by atoms with van der Waals surface area (Å²) in [6.07, 6.45) is 2.93. The highest BCUT2D eigenvalue weighted by Crippen LogP contribution is 2.20. The number of aromatic nitrogens is 3. The average Bonchev–Trinajstić information content (AvgIpc) is 2.78. The number of methoxy groups -OCH3 is 1. The van der Waals surface area contributed by atoms with E-state index in [1.807, 2.05) is 24.0 Å². The molecule has 2 aromatic heterocycles. The Morgan fingerprint density at radius 3 is 2.89 bits per heavy atom. The standard InChI is InChI=1S/C13H19N5O/c1-4-11-9(8-18(2)17-11)7-15-12-6-5-10(14)13(16-12)19-3/h5-6,8H,4,7,14H2,1-3H3,(H,15,16). The maximum absolute atomic E-state index is 5.73. The lowest BCUT2D eigenvalue weighted by Crippen LogP contribution is -2.04. The van der Waals surface area contributed by atoms with Crippen molar-refractivity contribution in [3.8, 4) is 5.88 Å². The maximum atomic E-state index is 5.73. The van der Waals surface area contributed by atoms with Gasteiger partial charge in [-0.25, -0.2) is 0 Å². The predicted molar refractivity (Wildman–Crippen MR) is 75.1 cm³/mol. The quantitative estimate of drug-likeness (QED) is 0.854. The number of nitrogen functional groups attached to an aromatic ring is 1. The zero-order valence-corrected chi connectivity index (χ0v) is 11.5. The Balaban J connectivity index is 2.09. The zero-order chi connectivity index (χ0) is 13.8. The third-order valence-corrected chi connectivity index (χ3v) is 2.87. The van der Waals surface area contributed by atoms with Crippen LogP contribution in [0.25, 0.3) is 0 Å². The number of nitrogens with two attached hydrogens (primary N) is 1. The second-order valence-corrected chi connectivity index (χ2v) is 4.28. The van der Waals surface area contributed by atoms with Crippen LogP contribution < -0.4 is 15.8 Å². The largest absolute Gasteiger partial charge is 0.479 e. The summed E-state index contributed by atoms with van der Waals surface area (Å²) in [4.78, 5) is 4.28. The Morgan fingerprint density at radius 2 is 2.21 bits per heavy atom. The topological polar surface area (TPSA) is 78.0 Å². The van der Waals surface area contributed by atoms with Gasteiger partial charge in [0.1, 0.15) is 5.82 Å². The third-order valence-electron chi connectivity index (χ3n) is 2.87. The summed E-state index contributed by atoms with van der Waals surface area (Å²) < 4.78 is 6.92. The summed E-state index contributed by atoms with van der Waals surface area (Å²) in [5, 5.41) is 7.65. The first-order valence-electron chi connectivity index (χ1n) is 6.19. The van der Waals surface area contributed by atoms with Gasteiger partial charge < -0.3 is 15.8 Å². The van der Waals surface area contributed by atoms with Crippen LogP contribution in [0.1, 0.15) is 18.2 Å². The maximum Gasteiger partial charge on any atom is 0.238 e. The van der Waals surface area contributed by atoms with Crippen molar-refractivity contribution in [2.24, 2.45) is 7.05 Å². The predicted octanol–water partition coefficient (Wildman–Crippen LogP) is 1.58. The molecule has 2 aromatic rings. The van der Waals surface area contributed by atoms with Gasteiger partial charge in [0, 0.05) is 25.4 Å². The van der Waals surface area contributed by atoms with Crippen LogP contribution in [-0.4, -0.2) is 21.9 Å². The minimum Gasteiger partial charge on any atom is -0.479 e. The van der Waals surface area contributed by atoms with E-state index in [1.54, 1.807) is 13.2 Å². The third kappa shape index (κ3) is 2.96. The van der Waals surface area contributed by atoms with Gasteiger partial charge in [-0.1, -0.05) is 6.92 Å². The Labute approximate surface area is 112 Å². The molecule has 0 aliphatic rings. The highest BCUT2D eigenvalue weighted by molar-refractivity contribution is 5.53. The number of nitrogens with zero attached hydrogens (tertiary/aromatic N) is 3. The minimum atomic E-state index is 0.437. The minimum absolute atomic E-state index is 0.437. The molecule has 19 heavy (non-hydrogen) atoms. The van der Waals surface area contributed by atoms with Crippen LogP contribution >= 0.6 is 0 Å². The molecule has 0 fully saturated rings. The van der Waals surface area contributed by atoms with Crippen LogP contribution in [0.3, 0.4) is 0 Å². The zero-order valence-electron chi connectivity index (χ0n) is 11.5. The second-order valence-electron chi connectivity index (χ2n) is 4.28. The molecule has 2 rings (SSSR count). The van der Waals surface area contributed by atoms with Crippen molar-refractivity contribution in [2.75, 3.05) is 18.2 Å². The van der Waals surface area contributed by atoms with E-state index in [0.29, 0.717) is 18.1 Å². The van der Waals surface area contributed by atoms with Crippen LogP contribution in [0.2, 0.25) is 0 Å². The molecule has 0 spiro atoms. The molecule has 0 atom stereocenters. The summed E-state index contributed by atoms with van der Waals surface area (Å²) in [6, 6.07) is 3.61. The number of pyridine rings is 1. The Bertz CT molecular complexity index is 564. The summed E-state index contributed by atoms with van der Waals surface area (Å²) in [7, 11) is 3.48. The van der Waals surface area contributed by atoms with Crippen molar-refractivity contribution in [3.05, 3.63) is 29.6 Å². The van der Waals surface area contributed by atoms with Gasteiger partial charge in [-0.15, -0.1) is 0 Å². The molecule has 0 aliphatic carbocycles. The number of rotatable bonds is 5. The van der Waals surface area contributed by atoms with Gasteiger partial charge in [-0.05, 0) is 18.6 Å². The first-order chi connectivity index (χ1) is 9.13. The monoisotopic (exact) mass is 261 g/mol. The van der Waals surface area contributed by atoms with Crippen molar-refractivity contribution in [3.63, 3.8) is 0 Å². The van der Waals surface area contributed by atoms with Crippen molar-refractivity contribution in [2.45, 2.75) is 19.9 Å². The fourth-order valence-electron chi connectivity index (χ4n) is 1.93. The van der Waals surface area contributed by atoms with E-state index in [1.165, 1.54) is 5.56 Å². The van der Waals surface area contributed by atoms with Crippen molar-refractivity contribution in [1.82, 2.24) is 14.8 Å². The Morgan fingerprint density at radius 1 is 1.42 bits per heavy atom. The molecule has 0 aromatic carbocycles. The molecule has 0 radical (unpaired) electrons. The molecule has 0 saturated heterocycles. The van der Waals surface area contributed by atoms with E-state index in [9.17, 15) is 0 Å². The number of anilines is 2. The molecule has 2 heterocycles. The number of hydrogen-bond donors (Lipinski definition) is 2. The molecule has 0 unspecified atom stereocenters. The van der Waals surface area contributed by atoms with Gasteiger partial charge in [0.2, 0.25) is 5.88 Å². The fourth-order valence-corrected chi connectivity index (χ4v) is 1.93. The molecule has 0 bridgehead atoms. The summed E-state index contributed by atoms with van der Waals surface area (Å²) in [5.74, 6) is 1.17. The van der Waals surface area contributed by atoms with E-state index in [2.05, 4.69) is 22.3 Å². The van der Waals surface area contributed by atoms with Crippen molar-refractivity contribution in [1.29, 1.82) is 0 Å². The number of aryl methyl sites for hydroxylation is 2. The molecular weight excluding hydrogens is 242 g/mol. The molecule has 0 aliphatic heterocycles. The lowest BCUT2D eigenvalue weighted by Gasteiger charge is -2.08. The van der Waals surface area contributed by atoms with Gasteiger partial charge in [0.25, 0.3) is 0 Å². The van der Waals surface area contributed by atoms with Gasteiger partial charge >= 0.3 is 0 Å². The first kappa shape index (κ1) is 13.2. The first-order valence-corrected chi connectivity index (χ1v) is 6.19. The van der Waals surface area contributed by atoms with Crippen LogP contribution in [0, 0.1) is 0 Å². The highest BCUT2D eigenvalue weighted by atomic mass is 16.5. The Kier molecular flexibility index (Phi) is 3.89. The second kappa shape index (κ2) is 5.60. The summed E-state index contributed by atoms with van der Waals surface area (Å²) in [5.41, 5.74) is 8.52. The molecule has 3 N–H and O–H groups in total. The normalized spacial score (nSPS) is 10.5. The van der Waals surface area contributed by atoms with E-state index in [0.717, 1.165) is 17.9 Å². The van der Waals surface area contributed by atoms with Crippen LogP contribution in [-0.2, 0) is 20.0 Å². The molecular formula is C13H19N5O. The summed E-state index contributed by atoms with van der Waals surface area (Å²) >= 11 is 0. The Hall–Kier alpha value is -2.24. The molecule has 6 nitrogen and oxygen atoms in total. The smallest absolute Gasteiger partial charge is 0.238 e. The molecule has 6 heteroatoms. The highest BCUT2D eigenvalue weighted by Gasteiger charge is 2.07. The van der Waals surface area contributed by atoms with Gasteiger partial charge in [-0.2, -0.15) is 10.1 Å². The van der Waals surface area contributed by atoms with Crippen molar-refractivity contribution < 1.29 is 4.74 Å². The van der Waals surface area contributed by atoms with Crippen LogP contribution in [0.5, 0.6) is 5.88 Å². The lowest BCUT2D eigenvalue weighted by molar-refractivity contribution is 0.401. The van der Waals surface area contributed by atoms with Gasteiger partial charge in [-0.3, -0.25) is 4.68 Å². The van der Waals surface area contributed by atoms with E-state index >= 15 is 0 Å². The number of nitrogens with one attached hydrogen (secondary N) is 1. The molecule has 102 valence electrons. The van der Waals surface area contributed by atoms with Gasteiger partial charge in [0.05, 0.1) is 18.5 Å². The SMILES string of the molecule is CCc1nn(C)cc1CNc1ccc(N)c(OC)n1. The number of ether oxygens (including phenoxy) is 1. The van der Waals surface area contributed by atoms with Crippen LogP contribution in [0.15, 0.2) is 18.3 Å². The molecule has 0 saturated carbocycles. The van der Waals surface area contributed by atoms with E-state index in [-0.39, 0.29) is 0 Å². The van der Waals surface area contributed by atoms with Crippen LogP contribution in [0.4, 0.5) is 11.5 Å². The fraction of sp³-hybridized carbons (Fsp3) is 0.385. The molecule has 0 amide bonds. The summed E-state index contributed by atoms with van der Waals surface area (Å²) in [6.45, 7) is 2.77. The number of hydrogen-bond acceptors (Lipinski definition) is 5.